The van der Waals surface area contributed by atoms with E-state index in [4.69, 9.17) is 10.2 Å². The third kappa shape index (κ3) is 4.43. The summed E-state index contributed by atoms with van der Waals surface area (Å²) in [6.07, 6.45) is -3.08. The molecule has 0 amide bonds. The van der Waals surface area contributed by atoms with Gasteiger partial charge in [0, 0.05) is 6.92 Å². The monoisotopic (exact) mass is 230 g/mol. The first-order chi connectivity index (χ1) is 7.27. The van der Waals surface area contributed by atoms with E-state index in [0.717, 1.165) is 26.0 Å². The van der Waals surface area contributed by atoms with E-state index in [1.54, 1.807) is 0 Å². The van der Waals surface area contributed by atoms with Crippen molar-refractivity contribution in [1.82, 2.24) is 0 Å². The smallest absolute Gasteiger partial charge is 0.230 e. The number of ketones is 3. The van der Waals surface area contributed by atoms with E-state index < -0.39 is 35.7 Å². The molecule has 0 aliphatic carbocycles. The van der Waals surface area contributed by atoms with Gasteiger partial charge in [0.15, 0.2) is 11.6 Å². The fraction of sp³-hybridized carbons (Fsp3) is 0.500. The second-order valence-electron chi connectivity index (χ2n) is 3.30. The third-order valence-corrected chi connectivity index (χ3v) is 1.85. The maximum absolute atomic E-state index is 10.9. The topological polar surface area (TPSA) is 112 Å². The van der Waals surface area contributed by atoms with Crippen molar-refractivity contribution >= 4 is 17.3 Å². The summed E-state index contributed by atoms with van der Waals surface area (Å²) in [5.41, 5.74) is 0. The van der Waals surface area contributed by atoms with Crippen LogP contribution in [0.1, 0.15) is 13.8 Å². The average Bonchev–Trinajstić information content (AvgIpc) is 2.22. The average molecular weight is 230 g/mol. The van der Waals surface area contributed by atoms with Crippen LogP contribution in [-0.4, -0.2) is 51.0 Å². The zero-order valence-corrected chi connectivity index (χ0v) is 8.95. The summed E-state index contributed by atoms with van der Waals surface area (Å²) in [6.45, 7) is 2.08. The first-order valence-corrected chi connectivity index (χ1v) is 4.55. The van der Waals surface area contributed by atoms with E-state index in [1.165, 1.54) is 0 Å². The normalized spacial score (nSPS) is 16.8. The molecule has 16 heavy (non-hydrogen) atoms. The summed E-state index contributed by atoms with van der Waals surface area (Å²) in [7, 11) is 0. The Kier molecular flexibility index (Phi) is 5.73. The Morgan fingerprint density at radius 2 is 1.50 bits per heavy atom. The molecule has 0 saturated carbocycles. The van der Waals surface area contributed by atoms with Gasteiger partial charge in [-0.25, -0.2) is 0 Å². The highest BCUT2D eigenvalue weighted by Crippen LogP contribution is 1.99. The highest BCUT2D eigenvalue weighted by molar-refractivity contribution is 6.38. The Morgan fingerprint density at radius 3 is 1.88 bits per heavy atom. The van der Waals surface area contributed by atoms with Gasteiger partial charge in [0.2, 0.25) is 5.78 Å². The Bertz CT molecular complexity index is 319. The molecule has 0 aromatic heterocycles. The van der Waals surface area contributed by atoms with Gasteiger partial charge in [-0.1, -0.05) is 6.08 Å². The predicted octanol–water partition coefficient (Wildman–Crippen LogP) is -1.63. The van der Waals surface area contributed by atoms with Crippen LogP contribution in [0, 0.1) is 0 Å². The van der Waals surface area contributed by atoms with Crippen LogP contribution in [0.5, 0.6) is 0 Å². The fourth-order valence-corrected chi connectivity index (χ4v) is 0.860. The largest absolute Gasteiger partial charge is 0.386 e. The van der Waals surface area contributed by atoms with E-state index in [2.05, 4.69) is 0 Å². The van der Waals surface area contributed by atoms with Crippen molar-refractivity contribution in [3.05, 3.63) is 12.2 Å². The van der Waals surface area contributed by atoms with Crippen molar-refractivity contribution in [3.8, 4) is 0 Å². The number of Topliss-reactive ketones (excluding diaryl/α,β-unsaturated/α-hetero) is 3. The van der Waals surface area contributed by atoms with Crippen LogP contribution in [0.15, 0.2) is 12.2 Å². The molecular formula is C10H14O6. The van der Waals surface area contributed by atoms with E-state index in [-0.39, 0.29) is 0 Å². The number of aliphatic hydroxyl groups excluding tert-OH is 3. The molecule has 0 aromatic carbocycles. The van der Waals surface area contributed by atoms with Gasteiger partial charge >= 0.3 is 0 Å². The summed E-state index contributed by atoms with van der Waals surface area (Å²) < 4.78 is 0. The molecule has 0 spiro atoms. The van der Waals surface area contributed by atoms with Crippen molar-refractivity contribution < 1.29 is 29.7 Å². The lowest BCUT2D eigenvalue weighted by atomic mass is 10.1. The van der Waals surface area contributed by atoms with Gasteiger partial charge in [0.1, 0.15) is 18.3 Å². The molecular weight excluding hydrogens is 216 g/mol. The molecule has 0 bridgehead atoms. The number of aliphatic hydroxyl groups is 3. The zero-order valence-electron chi connectivity index (χ0n) is 8.95. The van der Waals surface area contributed by atoms with Crippen LogP contribution in [0.25, 0.3) is 0 Å². The molecule has 3 N–H and O–H groups in total. The molecule has 0 radical (unpaired) electrons. The molecule has 90 valence electrons. The minimum atomic E-state index is -1.67. The molecule has 0 saturated heterocycles. The summed E-state index contributed by atoms with van der Waals surface area (Å²) >= 11 is 0. The van der Waals surface area contributed by atoms with Crippen LogP contribution in [0.3, 0.4) is 0 Å². The first-order valence-electron chi connectivity index (χ1n) is 4.55. The fourth-order valence-electron chi connectivity index (χ4n) is 0.860. The highest BCUT2D eigenvalue weighted by Gasteiger charge is 2.20. The van der Waals surface area contributed by atoms with Crippen molar-refractivity contribution in [2.45, 2.75) is 32.2 Å². The number of rotatable bonds is 6. The zero-order chi connectivity index (χ0) is 12.9. The molecule has 1 unspecified atom stereocenters. The van der Waals surface area contributed by atoms with Gasteiger partial charge < -0.3 is 15.3 Å². The summed E-state index contributed by atoms with van der Waals surface area (Å²) in [4.78, 5) is 32.1. The Labute approximate surface area is 92.2 Å². The quantitative estimate of drug-likeness (QED) is 0.373. The molecule has 0 heterocycles. The van der Waals surface area contributed by atoms with E-state index in [0.29, 0.717) is 0 Å². The van der Waals surface area contributed by atoms with Crippen LogP contribution >= 0.6 is 0 Å². The molecule has 0 fully saturated rings. The maximum Gasteiger partial charge on any atom is 0.230 e. The van der Waals surface area contributed by atoms with E-state index in [9.17, 15) is 19.5 Å². The van der Waals surface area contributed by atoms with Crippen LogP contribution in [-0.2, 0) is 14.4 Å². The molecule has 0 rings (SSSR count). The van der Waals surface area contributed by atoms with Crippen LogP contribution < -0.4 is 0 Å². The van der Waals surface area contributed by atoms with Crippen molar-refractivity contribution in [3.63, 3.8) is 0 Å². The van der Waals surface area contributed by atoms with Crippen LogP contribution in [0.2, 0.25) is 0 Å². The highest BCUT2D eigenvalue weighted by atomic mass is 16.3. The minimum Gasteiger partial charge on any atom is -0.386 e. The molecule has 6 heteroatoms. The summed E-state index contributed by atoms with van der Waals surface area (Å²) in [6, 6.07) is 0. The summed E-state index contributed by atoms with van der Waals surface area (Å²) in [5, 5.41) is 27.4. The lowest BCUT2D eigenvalue weighted by molar-refractivity contribution is -0.139. The Hall–Kier alpha value is -1.37. The Balaban J connectivity index is 4.44. The number of carbonyl (C=O) groups excluding carboxylic acids is 3. The second kappa shape index (κ2) is 6.26. The lowest BCUT2D eigenvalue weighted by Gasteiger charge is -2.11. The summed E-state index contributed by atoms with van der Waals surface area (Å²) in [5.74, 6) is -2.50. The van der Waals surface area contributed by atoms with Crippen molar-refractivity contribution in [2.24, 2.45) is 0 Å². The molecule has 0 aliphatic heterocycles. The second-order valence-corrected chi connectivity index (χ2v) is 3.30. The number of carbonyl (C=O) groups is 3. The molecule has 6 nitrogen and oxygen atoms in total. The molecule has 3 atom stereocenters. The number of hydrogen-bond acceptors (Lipinski definition) is 6. The van der Waals surface area contributed by atoms with Crippen molar-refractivity contribution in [1.29, 1.82) is 0 Å². The third-order valence-electron chi connectivity index (χ3n) is 1.85. The standard InChI is InChI=1S/C10H14O6/c1-5(11)9(15)7(13)3-4-8(14)10(16)6(2)12/h3-4,7-9,13-15H,1-2H3/b4-3+/t7-,8+,9?/m0/s1. The van der Waals surface area contributed by atoms with Crippen molar-refractivity contribution in [2.75, 3.05) is 0 Å². The van der Waals surface area contributed by atoms with Gasteiger partial charge in [0.25, 0.3) is 0 Å². The Morgan fingerprint density at radius 1 is 1.00 bits per heavy atom. The number of hydrogen-bond donors (Lipinski definition) is 3. The van der Waals surface area contributed by atoms with Crippen LogP contribution in [0.4, 0.5) is 0 Å². The lowest BCUT2D eigenvalue weighted by Crippen LogP contribution is -2.31. The van der Waals surface area contributed by atoms with Gasteiger partial charge in [-0.2, -0.15) is 0 Å². The molecule has 0 aliphatic rings. The van der Waals surface area contributed by atoms with Gasteiger partial charge in [0.05, 0.1) is 0 Å². The minimum absolute atomic E-state index is 0.649. The maximum atomic E-state index is 10.9. The van der Waals surface area contributed by atoms with Gasteiger partial charge in [-0.3, -0.25) is 14.4 Å². The van der Waals surface area contributed by atoms with Gasteiger partial charge in [-0.15, -0.1) is 0 Å². The predicted molar refractivity (Wildman–Crippen MR) is 53.5 cm³/mol. The first kappa shape index (κ1) is 14.6. The SMILES string of the molecule is CC(=O)C(=O)[C@H](O)/C=C/[C@H](O)C(O)C(C)=O. The van der Waals surface area contributed by atoms with E-state index >= 15 is 0 Å². The van der Waals surface area contributed by atoms with Gasteiger partial charge in [-0.05, 0) is 13.0 Å². The molecule has 0 aromatic rings. The van der Waals surface area contributed by atoms with E-state index in [1.807, 2.05) is 0 Å².